The Labute approximate surface area is 160 Å². The molecule has 28 heavy (non-hydrogen) atoms. The second-order valence-corrected chi connectivity index (χ2v) is 6.18. The van der Waals surface area contributed by atoms with E-state index in [4.69, 9.17) is 14.2 Å². The van der Waals surface area contributed by atoms with Crippen LogP contribution in [0, 0.1) is 5.82 Å². The lowest BCUT2D eigenvalue weighted by atomic mass is 10.1. The Morgan fingerprint density at radius 2 is 1.89 bits per heavy atom. The zero-order chi connectivity index (χ0) is 19.3. The SMILES string of the molecule is O=C(CCc1ccc2c(c1)OCO2)Nc1ccc(Oc2ccc(F)cc2)nc1. The summed E-state index contributed by atoms with van der Waals surface area (Å²) in [5, 5.41) is 2.80. The van der Waals surface area contributed by atoms with Gasteiger partial charge >= 0.3 is 0 Å². The number of carbonyl (C=O) groups is 1. The number of amides is 1. The van der Waals surface area contributed by atoms with E-state index >= 15 is 0 Å². The molecule has 2 aromatic carbocycles. The molecule has 1 amide bonds. The Bertz CT molecular complexity index is 975. The molecule has 3 aromatic rings. The van der Waals surface area contributed by atoms with Gasteiger partial charge in [-0.2, -0.15) is 0 Å². The van der Waals surface area contributed by atoms with E-state index in [0.717, 1.165) is 11.3 Å². The number of rotatable bonds is 6. The van der Waals surface area contributed by atoms with E-state index in [2.05, 4.69) is 10.3 Å². The first-order valence-electron chi connectivity index (χ1n) is 8.73. The zero-order valence-electron chi connectivity index (χ0n) is 14.9. The number of pyridine rings is 1. The Morgan fingerprint density at radius 1 is 1.07 bits per heavy atom. The van der Waals surface area contributed by atoms with Gasteiger partial charge in [0.15, 0.2) is 11.5 Å². The fourth-order valence-electron chi connectivity index (χ4n) is 2.72. The molecule has 0 aliphatic carbocycles. The smallest absolute Gasteiger partial charge is 0.231 e. The summed E-state index contributed by atoms with van der Waals surface area (Å²) in [5.41, 5.74) is 1.57. The molecule has 0 fully saturated rings. The summed E-state index contributed by atoms with van der Waals surface area (Å²) in [6.07, 6.45) is 2.42. The highest BCUT2D eigenvalue weighted by Crippen LogP contribution is 2.32. The average molecular weight is 380 g/mol. The lowest BCUT2D eigenvalue weighted by Gasteiger charge is -2.08. The molecule has 4 rings (SSSR count). The van der Waals surface area contributed by atoms with Gasteiger partial charge in [-0.3, -0.25) is 4.79 Å². The molecule has 1 aromatic heterocycles. The van der Waals surface area contributed by atoms with E-state index in [9.17, 15) is 9.18 Å². The third kappa shape index (κ3) is 4.37. The van der Waals surface area contributed by atoms with Gasteiger partial charge in [0.1, 0.15) is 11.6 Å². The van der Waals surface area contributed by atoms with Crippen LogP contribution in [0.4, 0.5) is 10.1 Å². The fraction of sp³-hybridized carbons (Fsp3) is 0.143. The van der Waals surface area contributed by atoms with Crippen LogP contribution in [0.2, 0.25) is 0 Å². The lowest BCUT2D eigenvalue weighted by Crippen LogP contribution is -2.12. The van der Waals surface area contributed by atoms with Crippen molar-refractivity contribution in [2.24, 2.45) is 0 Å². The number of aromatic nitrogens is 1. The predicted octanol–water partition coefficient (Wildman–Crippen LogP) is 4.31. The summed E-state index contributed by atoms with van der Waals surface area (Å²) in [5.74, 6) is 1.81. The first-order chi connectivity index (χ1) is 13.7. The summed E-state index contributed by atoms with van der Waals surface area (Å²) in [6, 6.07) is 14.6. The third-order valence-electron chi connectivity index (χ3n) is 4.13. The van der Waals surface area contributed by atoms with Crippen LogP contribution in [0.5, 0.6) is 23.1 Å². The molecule has 1 aliphatic rings. The van der Waals surface area contributed by atoms with Crippen LogP contribution < -0.4 is 19.5 Å². The number of nitrogens with zero attached hydrogens (tertiary/aromatic N) is 1. The average Bonchev–Trinajstić information content (AvgIpc) is 3.17. The minimum absolute atomic E-state index is 0.119. The molecular formula is C21H17FN2O4. The molecule has 1 N–H and O–H groups in total. The Morgan fingerprint density at radius 3 is 2.68 bits per heavy atom. The molecule has 6 nitrogen and oxygen atoms in total. The van der Waals surface area contributed by atoms with Gasteiger partial charge in [-0.15, -0.1) is 0 Å². The first-order valence-corrected chi connectivity index (χ1v) is 8.73. The number of hydrogen-bond acceptors (Lipinski definition) is 5. The molecular weight excluding hydrogens is 363 g/mol. The van der Waals surface area contributed by atoms with Gasteiger partial charge < -0.3 is 19.5 Å². The van der Waals surface area contributed by atoms with Crippen molar-refractivity contribution < 1.29 is 23.4 Å². The topological polar surface area (TPSA) is 69.7 Å². The van der Waals surface area contributed by atoms with Crippen LogP contribution in [0.15, 0.2) is 60.8 Å². The van der Waals surface area contributed by atoms with Crippen LogP contribution in [0.3, 0.4) is 0 Å². The summed E-state index contributed by atoms with van der Waals surface area (Å²) in [6.45, 7) is 0.229. The monoisotopic (exact) mass is 380 g/mol. The van der Waals surface area contributed by atoms with Crippen molar-refractivity contribution in [1.82, 2.24) is 4.98 Å². The van der Waals surface area contributed by atoms with Crippen molar-refractivity contribution in [3.63, 3.8) is 0 Å². The summed E-state index contributed by atoms with van der Waals surface area (Å²) < 4.78 is 29.0. The molecule has 0 saturated heterocycles. The highest BCUT2D eigenvalue weighted by Gasteiger charge is 2.13. The zero-order valence-corrected chi connectivity index (χ0v) is 14.9. The van der Waals surface area contributed by atoms with Crippen LogP contribution in [-0.4, -0.2) is 17.7 Å². The van der Waals surface area contributed by atoms with Crippen molar-refractivity contribution in [1.29, 1.82) is 0 Å². The molecule has 1 aliphatic heterocycles. The normalized spacial score (nSPS) is 11.9. The number of nitrogens with one attached hydrogen (secondary N) is 1. The number of hydrogen-bond donors (Lipinski definition) is 1. The van der Waals surface area contributed by atoms with Crippen LogP contribution in [0.1, 0.15) is 12.0 Å². The van der Waals surface area contributed by atoms with Crippen LogP contribution in [-0.2, 0) is 11.2 Å². The highest BCUT2D eigenvalue weighted by atomic mass is 19.1. The van der Waals surface area contributed by atoms with Gasteiger partial charge in [0.25, 0.3) is 0 Å². The molecule has 2 heterocycles. The van der Waals surface area contributed by atoms with Crippen molar-refractivity contribution >= 4 is 11.6 Å². The van der Waals surface area contributed by atoms with Gasteiger partial charge in [0.05, 0.1) is 11.9 Å². The molecule has 0 spiro atoms. The number of carbonyl (C=O) groups excluding carboxylic acids is 1. The van der Waals surface area contributed by atoms with Gasteiger partial charge in [-0.1, -0.05) is 6.07 Å². The standard InChI is InChI=1S/C21H17FN2O4/c22-15-3-6-17(7-4-15)28-21-10-5-16(12-23-21)24-20(25)9-2-14-1-8-18-19(11-14)27-13-26-18/h1,3-8,10-12H,2,9,13H2,(H,24,25). The maximum absolute atomic E-state index is 12.9. The minimum Gasteiger partial charge on any atom is -0.454 e. The number of fused-ring (bicyclic) bond motifs is 1. The molecule has 0 atom stereocenters. The van der Waals surface area contributed by atoms with Gasteiger partial charge in [0, 0.05) is 12.5 Å². The van der Waals surface area contributed by atoms with E-state index in [1.165, 1.54) is 30.5 Å². The molecule has 0 saturated carbocycles. The number of benzene rings is 2. The van der Waals surface area contributed by atoms with E-state index < -0.39 is 0 Å². The quantitative estimate of drug-likeness (QED) is 0.690. The van der Waals surface area contributed by atoms with Crippen LogP contribution in [0.25, 0.3) is 0 Å². The first kappa shape index (κ1) is 17.8. The summed E-state index contributed by atoms with van der Waals surface area (Å²) in [7, 11) is 0. The number of ether oxygens (including phenoxy) is 3. The number of anilines is 1. The number of halogens is 1. The molecule has 7 heteroatoms. The highest BCUT2D eigenvalue weighted by molar-refractivity contribution is 5.90. The van der Waals surface area contributed by atoms with Crippen LogP contribution >= 0.6 is 0 Å². The van der Waals surface area contributed by atoms with E-state index in [1.54, 1.807) is 12.1 Å². The summed E-state index contributed by atoms with van der Waals surface area (Å²) >= 11 is 0. The fourth-order valence-corrected chi connectivity index (χ4v) is 2.72. The molecule has 0 radical (unpaired) electrons. The summed E-state index contributed by atoms with van der Waals surface area (Å²) in [4.78, 5) is 16.3. The van der Waals surface area contributed by atoms with Crippen molar-refractivity contribution in [3.8, 4) is 23.1 Å². The van der Waals surface area contributed by atoms with Gasteiger partial charge in [-0.05, 0) is 54.4 Å². The lowest BCUT2D eigenvalue weighted by molar-refractivity contribution is -0.116. The van der Waals surface area contributed by atoms with E-state index in [0.29, 0.717) is 35.9 Å². The van der Waals surface area contributed by atoms with Crippen molar-refractivity contribution in [2.75, 3.05) is 12.1 Å². The molecule has 142 valence electrons. The molecule has 0 unspecified atom stereocenters. The predicted molar refractivity (Wildman–Crippen MR) is 100 cm³/mol. The van der Waals surface area contributed by atoms with Gasteiger partial charge in [0.2, 0.25) is 18.6 Å². The maximum Gasteiger partial charge on any atom is 0.231 e. The number of aryl methyl sites for hydroxylation is 1. The second kappa shape index (κ2) is 7.96. The van der Waals surface area contributed by atoms with Crippen molar-refractivity contribution in [3.05, 3.63) is 72.2 Å². The molecule has 0 bridgehead atoms. The van der Waals surface area contributed by atoms with Gasteiger partial charge in [-0.25, -0.2) is 9.37 Å². The Kier molecular flexibility index (Phi) is 5.05. The largest absolute Gasteiger partial charge is 0.454 e. The maximum atomic E-state index is 12.9. The van der Waals surface area contributed by atoms with Crippen molar-refractivity contribution in [2.45, 2.75) is 12.8 Å². The second-order valence-electron chi connectivity index (χ2n) is 6.18. The third-order valence-corrected chi connectivity index (χ3v) is 4.13. The Balaban J connectivity index is 1.29. The Hall–Kier alpha value is -3.61. The minimum atomic E-state index is -0.334. The van der Waals surface area contributed by atoms with E-state index in [-0.39, 0.29) is 18.5 Å². The van der Waals surface area contributed by atoms with E-state index in [1.807, 2.05) is 18.2 Å².